The molecule has 0 spiro atoms. The van der Waals surface area contributed by atoms with E-state index in [1.54, 1.807) is 0 Å². The van der Waals surface area contributed by atoms with Gasteiger partial charge in [-0.1, -0.05) is 42.3 Å². The molecule has 17 heavy (non-hydrogen) atoms. The van der Waals surface area contributed by atoms with Crippen LogP contribution in [0.5, 0.6) is 0 Å². The topological polar surface area (TPSA) is 12.0 Å². The molecule has 94 valence electrons. The Morgan fingerprint density at radius 1 is 1.41 bits per heavy atom. The third kappa shape index (κ3) is 4.53. The SMILES string of the molecule is CCCNC(C=C(C)C)c1ccc(C)c(Cl)c1. The Morgan fingerprint density at radius 3 is 2.65 bits per heavy atom. The number of hydrogen-bond acceptors (Lipinski definition) is 1. The molecular formula is C15H22ClN. The van der Waals surface area contributed by atoms with Gasteiger partial charge in [-0.15, -0.1) is 0 Å². The Kier molecular flexibility index (Phi) is 5.73. The van der Waals surface area contributed by atoms with Crippen LogP contribution >= 0.6 is 11.6 Å². The van der Waals surface area contributed by atoms with Crippen LogP contribution in [-0.2, 0) is 0 Å². The number of hydrogen-bond donors (Lipinski definition) is 1. The zero-order valence-corrected chi connectivity index (χ0v) is 11.9. The number of halogens is 1. The van der Waals surface area contributed by atoms with E-state index in [9.17, 15) is 0 Å². The second-order valence-corrected chi connectivity index (χ2v) is 5.09. The van der Waals surface area contributed by atoms with Crippen LogP contribution in [0.1, 0.15) is 44.4 Å². The minimum atomic E-state index is 0.262. The molecule has 1 aromatic rings. The maximum atomic E-state index is 6.18. The van der Waals surface area contributed by atoms with Crippen LogP contribution in [0.25, 0.3) is 0 Å². The molecule has 0 saturated heterocycles. The lowest BCUT2D eigenvalue weighted by Gasteiger charge is -2.17. The van der Waals surface area contributed by atoms with Gasteiger partial charge in [-0.25, -0.2) is 0 Å². The molecule has 1 rings (SSSR count). The smallest absolute Gasteiger partial charge is 0.0509 e. The molecule has 0 fully saturated rings. The Labute approximate surface area is 110 Å². The van der Waals surface area contributed by atoms with Gasteiger partial charge in [0.15, 0.2) is 0 Å². The van der Waals surface area contributed by atoms with Crippen molar-refractivity contribution in [2.24, 2.45) is 0 Å². The lowest BCUT2D eigenvalue weighted by Crippen LogP contribution is -2.20. The molecule has 0 aromatic heterocycles. The predicted octanol–water partition coefficient (Wildman–Crippen LogP) is 4.66. The largest absolute Gasteiger partial charge is 0.307 e. The van der Waals surface area contributed by atoms with Gasteiger partial charge in [-0.2, -0.15) is 0 Å². The van der Waals surface area contributed by atoms with Gasteiger partial charge in [0.25, 0.3) is 0 Å². The van der Waals surface area contributed by atoms with Crippen molar-refractivity contribution in [2.75, 3.05) is 6.54 Å². The zero-order valence-electron chi connectivity index (χ0n) is 11.2. The molecule has 1 nitrogen and oxygen atoms in total. The highest BCUT2D eigenvalue weighted by molar-refractivity contribution is 6.31. The van der Waals surface area contributed by atoms with Gasteiger partial charge < -0.3 is 5.32 Å². The molecule has 1 aromatic carbocycles. The average Bonchev–Trinajstić information content (AvgIpc) is 2.27. The van der Waals surface area contributed by atoms with Gasteiger partial charge >= 0.3 is 0 Å². The van der Waals surface area contributed by atoms with Crippen molar-refractivity contribution in [1.82, 2.24) is 5.32 Å². The van der Waals surface area contributed by atoms with E-state index in [2.05, 4.69) is 50.4 Å². The maximum absolute atomic E-state index is 6.18. The van der Waals surface area contributed by atoms with Gasteiger partial charge in [-0.3, -0.25) is 0 Å². The summed E-state index contributed by atoms with van der Waals surface area (Å²) in [4.78, 5) is 0. The van der Waals surface area contributed by atoms with Crippen LogP contribution < -0.4 is 5.32 Å². The second-order valence-electron chi connectivity index (χ2n) is 4.68. The first-order valence-electron chi connectivity index (χ1n) is 6.19. The summed E-state index contributed by atoms with van der Waals surface area (Å²) in [5, 5.41) is 4.37. The molecule has 0 saturated carbocycles. The summed E-state index contributed by atoms with van der Waals surface area (Å²) in [6.45, 7) is 9.46. The van der Waals surface area contributed by atoms with Gasteiger partial charge in [0, 0.05) is 5.02 Å². The van der Waals surface area contributed by atoms with Gasteiger partial charge in [0.1, 0.15) is 0 Å². The first kappa shape index (κ1) is 14.3. The maximum Gasteiger partial charge on any atom is 0.0509 e. The summed E-state index contributed by atoms with van der Waals surface area (Å²) in [7, 11) is 0. The number of benzene rings is 1. The van der Waals surface area contributed by atoms with Gasteiger partial charge in [0.05, 0.1) is 6.04 Å². The molecule has 0 amide bonds. The minimum absolute atomic E-state index is 0.262. The first-order valence-corrected chi connectivity index (χ1v) is 6.56. The lowest BCUT2D eigenvalue weighted by atomic mass is 10.0. The monoisotopic (exact) mass is 251 g/mol. The predicted molar refractivity (Wildman–Crippen MR) is 76.7 cm³/mol. The number of rotatable bonds is 5. The zero-order chi connectivity index (χ0) is 12.8. The molecule has 1 atom stereocenters. The van der Waals surface area contributed by atoms with E-state index in [4.69, 9.17) is 11.6 Å². The Balaban J connectivity index is 2.95. The van der Waals surface area contributed by atoms with E-state index in [1.165, 1.54) is 11.1 Å². The van der Waals surface area contributed by atoms with Crippen molar-refractivity contribution in [3.05, 3.63) is 46.0 Å². The van der Waals surface area contributed by atoms with E-state index >= 15 is 0 Å². The molecule has 0 aliphatic rings. The summed E-state index contributed by atoms with van der Waals surface area (Å²) in [5.74, 6) is 0. The van der Waals surface area contributed by atoms with E-state index in [-0.39, 0.29) is 6.04 Å². The normalized spacial score (nSPS) is 12.3. The van der Waals surface area contributed by atoms with E-state index in [1.807, 2.05) is 6.92 Å². The van der Waals surface area contributed by atoms with Crippen molar-refractivity contribution in [3.63, 3.8) is 0 Å². The van der Waals surface area contributed by atoms with E-state index < -0.39 is 0 Å². The van der Waals surface area contributed by atoms with Crippen molar-refractivity contribution < 1.29 is 0 Å². The molecule has 1 N–H and O–H groups in total. The molecule has 0 bridgehead atoms. The summed E-state index contributed by atoms with van der Waals surface area (Å²) >= 11 is 6.18. The summed E-state index contributed by atoms with van der Waals surface area (Å²) in [5.41, 5.74) is 3.67. The molecule has 0 radical (unpaired) electrons. The fourth-order valence-corrected chi connectivity index (χ4v) is 1.90. The van der Waals surface area contributed by atoms with Crippen LogP contribution in [-0.4, -0.2) is 6.54 Å². The van der Waals surface area contributed by atoms with Gasteiger partial charge in [0.2, 0.25) is 0 Å². The standard InChI is InChI=1S/C15H22ClN/c1-5-8-17-15(9-11(2)3)13-7-6-12(4)14(16)10-13/h6-7,9-10,15,17H,5,8H2,1-4H3. The van der Waals surface area contributed by atoms with E-state index in [0.29, 0.717) is 0 Å². The van der Waals surface area contributed by atoms with Crippen LogP contribution in [0.15, 0.2) is 29.8 Å². The van der Waals surface area contributed by atoms with Crippen molar-refractivity contribution in [2.45, 2.75) is 40.2 Å². The number of nitrogens with one attached hydrogen (secondary N) is 1. The van der Waals surface area contributed by atoms with Crippen molar-refractivity contribution in [3.8, 4) is 0 Å². The Morgan fingerprint density at radius 2 is 2.12 bits per heavy atom. The number of allylic oxidation sites excluding steroid dienone is 1. The Hall–Kier alpha value is -0.790. The van der Waals surface area contributed by atoms with Crippen molar-refractivity contribution in [1.29, 1.82) is 0 Å². The fraction of sp³-hybridized carbons (Fsp3) is 0.467. The molecule has 0 aliphatic carbocycles. The van der Waals surface area contributed by atoms with E-state index in [0.717, 1.165) is 23.6 Å². The summed E-state index contributed by atoms with van der Waals surface area (Å²) in [6.07, 6.45) is 3.38. The molecule has 0 heterocycles. The third-order valence-corrected chi connectivity index (χ3v) is 3.08. The summed E-state index contributed by atoms with van der Waals surface area (Å²) < 4.78 is 0. The third-order valence-electron chi connectivity index (χ3n) is 2.67. The Bertz CT molecular complexity index is 392. The highest BCUT2D eigenvalue weighted by Gasteiger charge is 2.08. The minimum Gasteiger partial charge on any atom is -0.307 e. The van der Waals surface area contributed by atoms with Crippen LogP contribution in [0, 0.1) is 6.92 Å². The van der Waals surface area contributed by atoms with Gasteiger partial charge in [-0.05, 0) is 50.9 Å². The molecule has 1 unspecified atom stereocenters. The van der Waals surface area contributed by atoms with Crippen molar-refractivity contribution >= 4 is 11.6 Å². The highest BCUT2D eigenvalue weighted by atomic mass is 35.5. The summed E-state index contributed by atoms with van der Waals surface area (Å²) in [6, 6.07) is 6.55. The second kappa shape index (κ2) is 6.83. The first-order chi connectivity index (χ1) is 8.04. The molecule has 2 heteroatoms. The lowest BCUT2D eigenvalue weighted by molar-refractivity contribution is 0.610. The average molecular weight is 252 g/mol. The fourth-order valence-electron chi connectivity index (χ4n) is 1.71. The van der Waals surface area contributed by atoms with Crippen LogP contribution in [0.2, 0.25) is 5.02 Å². The highest BCUT2D eigenvalue weighted by Crippen LogP contribution is 2.23. The number of aryl methyl sites for hydroxylation is 1. The van der Waals surface area contributed by atoms with Crippen LogP contribution in [0.4, 0.5) is 0 Å². The molecule has 0 aliphatic heterocycles. The quantitative estimate of drug-likeness (QED) is 0.751. The van der Waals surface area contributed by atoms with Crippen LogP contribution in [0.3, 0.4) is 0 Å². The molecular weight excluding hydrogens is 230 g/mol.